The number of phosphoric ester groups is 2. The molecule has 0 amide bonds. The van der Waals surface area contributed by atoms with Gasteiger partial charge in [0, 0.05) is 25.7 Å². The number of rotatable bonds is 82. The molecule has 6 atom stereocenters. The first kappa shape index (κ1) is 101. The summed E-state index contributed by atoms with van der Waals surface area (Å²) in [5, 5.41) is 10.7. The summed E-state index contributed by atoms with van der Waals surface area (Å²) < 4.78 is 68.8. The van der Waals surface area contributed by atoms with Gasteiger partial charge in [0.05, 0.1) is 26.4 Å². The Kier molecular flexibility index (Phi) is 74.5. The molecule has 0 aliphatic rings. The van der Waals surface area contributed by atoms with Gasteiger partial charge in [0.2, 0.25) is 0 Å². The molecule has 3 unspecified atom stereocenters. The fourth-order valence-corrected chi connectivity index (χ4v) is 14.1. The average Bonchev–Trinajstić information content (AvgIpc) is 0.915. The lowest BCUT2D eigenvalue weighted by molar-refractivity contribution is -0.161. The second kappa shape index (κ2) is 76.3. The van der Waals surface area contributed by atoms with Crippen LogP contribution in [0.4, 0.5) is 0 Å². The maximum Gasteiger partial charge on any atom is 0.472 e. The molecule has 0 heterocycles. The van der Waals surface area contributed by atoms with Crippen LogP contribution in [-0.2, 0) is 65.4 Å². The molecule has 103 heavy (non-hydrogen) atoms. The Morgan fingerprint density at radius 3 is 0.825 bits per heavy atom. The molecule has 0 saturated carbocycles. The fourth-order valence-electron chi connectivity index (χ4n) is 12.5. The zero-order valence-electron chi connectivity index (χ0n) is 66.9. The SMILES string of the molecule is CCCCCC/C=C\C=C/CCCCCCCC(=O)O[C@H](COC(=O)CCCCCCCCCCC(C)CC)COP(=O)(O)OC[C@H](O)COP(=O)(O)OC[C@@H](COC(=O)CCCCCCCCCCCCCCCCCCC)OC(=O)CCCCCCCCCCCCCCCCCCCCC. The number of phosphoric acid groups is 2. The van der Waals surface area contributed by atoms with E-state index in [1.807, 2.05) is 0 Å². The summed E-state index contributed by atoms with van der Waals surface area (Å²) in [6.45, 7) is 7.29. The first-order chi connectivity index (χ1) is 50.1. The van der Waals surface area contributed by atoms with Crippen LogP contribution in [0.5, 0.6) is 0 Å². The van der Waals surface area contributed by atoms with Gasteiger partial charge in [0.15, 0.2) is 12.2 Å². The van der Waals surface area contributed by atoms with Crippen molar-refractivity contribution in [2.75, 3.05) is 39.6 Å². The zero-order valence-corrected chi connectivity index (χ0v) is 68.7. The Morgan fingerprint density at radius 2 is 0.544 bits per heavy atom. The summed E-state index contributed by atoms with van der Waals surface area (Å²) in [6.07, 6.45) is 71.5. The maximum atomic E-state index is 13.1. The smallest absolute Gasteiger partial charge is 0.462 e. The number of esters is 4. The molecule has 608 valence electrons. The Labute approximate surface area is 631 Å². The van der Waals surface area contributed by atoms with Gasteiger partial charge >= 0.3 is 39.5 Å². The maximum absolute atomic E-state index is 13.1. The monoisotopic (exact) mass is 1500 g/mol. The third-order valence-corrected chi connectivity index (χ3v) is 21.4. The predicted octanol–water partition coefficient (Wildman–Crippen LogP) is 25.1. The minimum absolute atomic E-state index is 0.0851. The van der Waals surface area contributed by atoms with Crippen LogP contribution >= 0.6 is 15.6 Å². The highest BCUT2D eigenvalue weighted by atomic mass is 31.2. The minimum Gasteiger partial charge on any atom is -0.462 e. The molecule has 0 aromatic heterocycles. The van der Waals surface area contributed by atoms with Crippen molar-refractivity contribution in [1.29, 1.82) is 0 Å². The number of aliphatic hydroxyl groups is 1. The second-order valence-electron chi connectivity index (χ2n) is 29.8. The molecule has 0 aromatic rings. The largest absolute Gasteiger partial charge is 0.472 e. The van der Waals surface area contributed by atoms with Crippen LogP contribution in [0.1, 0.15) is 426 Å². The van der Waals surface area contributed by atoms with Crippen molar-refractivity contribution < 1.29 is 80.2 Å². The quantitative estimate of drug-likeness (QED) is 0.0169. The van der Waals surface area contributed by atoms with E-state index in [0.29, 0.717) is 25.7 Å². The van der Waals surface area contributed by atoms with E-state index in [1.54, 1.807) is 0 Å². The second-order valence-corrected chi connectivity index (χ2v) is 32.7. The molecule has 0 rings (SSSR count). The molecule has 19 heteroatoms. The summed E-state index contributed by atoms with van der Waals surface area (Å²) in [4.78, 5) is 73.1. The molecule has 0 aliphatic heterocycles. The Balaban J connectivity index is 5.29. The van der Waals surface area contributed by atoms with E-state index in [1.165, 1.54) is 238 Å². The third kappa shape index (κ3) is 76.1. The van der Waals surface area contributed by atoms with Crippen molar-refractivity contribution in [2.45, 2.75) is 445 Å². The minimum atomic E-state index is -4.97. The van der Waals surface area contributed by atoms with Crippen molar-refractivity contribution in [3.05, 3.63) is 24.3 Å². The summed E-state index contributed by atoms with van der Waals surface area (Å²) in [6, 6.07) is 0. The first-order valence-corrected chi connectivity index (χ1v) is 46.0. The molecule has 0 radical (unpaired) electrons. The topological polar surface area (TPSA) is 237 Å². The van der Waals surface area contributed by atoms with E-state index < -0.39 is 97.5 Å². The number of unbranched alkanes of at least 4 members (excludes halogenated alkanes) is 50. The van der Waals surface area contributed by atoms with Gasteiger partial charge in [-0.2, -0.15) is 0 Å². The number of hydrogen-bond donors (Lipinski definition) is 3. The molecule has 0 aliphatic carbocycles. The molecule has 3 N–H and O–H groups in total. The van der Waals surface area contributed by atoms with Crippen LogP contribution in [-0.4, -0.2) is 96.7 Å². The Hall–Kier alpha value is -2.46. The van der Waals surface area contributed by atoms with E-state index in [2.05, 4.69) is 58.9 Å². The molecule has 0 bridgehead atoms. The fraction of sp³-hybridized carbons (Fsp3) is 0.905. The number of ether oxygens (including phenoxy) is 4. The number of allylic oxidation sites excluding steroid dienone is 4. The van der Waals surface area contributed by atoms with Crippen molar-refractivity contribution in [3.63, 3.8) is 0 Å². The number of carbonyl (C=O) groups is 4. The normalized spacial score (nSPS) is 14.2. The lowest BCUT2D eigenvalue weighted by Crippen LogP contribution is -2.30. The van der Waals surface area contributed by atoms with Gasteiger partial charge in [-0.1, -0.05) is 374 Å². The highest BCUT2D eigenvalue weighted by molar-refractivity contribution is 7.47. The van der Waals surface area contributed by atoms with Gasteiger partial charge in [0.1, 0.15) is 19.3 Å². The van der Waals surface area contributed by atoms with Crippen LogP contribution in [0.15, 0.2) is 24.3 Å². The van der Waals surface area contributed by atoms with Crippen LogP contribution in [0.3, 0.4) is 0 Å². The van der Waals surface area contributed by atoms with Crippen molar-refractivity contribution in [2.24, 2.45) is 5.92 Å². The van der Waals surface area contributed by atoms with Gasteiger partial charge in [-0.25, -0.2) is 9.13 Å². The average molecular weight is 1500 g/mol. The van der Waals surface area contributed by atoms with E-state index in [4.69, 9.17) is 37.0 Å². The van der Waals surface area contributed by atoms with Crippen molar-refractivity contribution in [1.82, 2.24) is 0 Å². The van der Waals surface area contributed by atoms with Gasteiger partial charge in [0.25, 0.3) is 0 Å². The van der Waals surface area contributed by atoms with E-state index in [9.17, 15) is 43.2 Å². The van der Waals surface area contributed by atoms with Crippen LogP contribution in [0.2, 0.25) is 0 Å². The summed E-state index contributed by atoms with van der Waals surface area (Å²) in [5.41, 5.74) is 0. The molecule has 0 fully saturated rings. The van der Waals surface area contributed by atoms with E-state index >= 15 is 0 Å². The van der Waals surface area contributed by atoms with Gasteiger partial charge in [-0.05, 0) is 57.3 Å². The predicted molar refractivity (Wildman–Crippen MR) is 423 cm³/mol. The molecule has 17 nitrogen and oxygen atoms in total. The molecular weight excluding hydrogens is 1340 g/mol. The van der Waals surface area contributed by atoms with Crippen molar-refractivity contribution >= 4 is 39.5 Å². The zero-order chi connectivity index (χ0) is 75.5. The summed E-state index contributed by atoms with van der Waals surface area (Å²) >= 11 is 0. The number of aliphatic hydroxyl groups excluding tert-OH is 1. The van der Waals surface area contributed by atoms with Crippen LogP contribution in [0.25, 0.3) is 0 Å². The lowest BCUT2D eigenvalue weighted by atomic mass is 9.99. The molecular formula is C84H160O17P2. The molecule has 0 spiro atoms. The Bertz CT molecular complexity index is 2060. The number of hydrogen-bond acceptors (Lipinski definition) is 15. The van der Waals surface area contributed by atoms with Crippen LogP contribution in [0, 0.1) is 5.92 Å². The van der Waals surface area contributed by atoms with Gasteiger partial charge in [-0.15, -0.1) is 0 Å². The highest BCUT2D eigenvalue weighted by Gasteiger charge is 2.30. The molecule has 0 saturated heterocycles. The van der Waals surface area contributed by atoms with Crippen molar-refractivity contribution in [3.8, 4) is 0 Å². The third-order valence-electron chi connectivity index (χ3n) is 19.5. The first-order valence-electron chi connectivity index (χ1n) is 43.0. The van der Waals surface area contributed by atoms with Gasteiger partial charge in [-0.3, -0.25) is 37.3 Å². The van der Waals surface area contributed by atoms with Crippen LogP contribution < -0.4 is 0 Å². The summed E-state index contributed by atoms with van der Waals surface area (Å²) in [7, 11) is -9.94. The van der Waals surface area contributed by atoms with Gasteiger partial charge < -0.3 is 33.8 Å². The standard InChI is InChI=1S/C84H160O17P2/c1-6-10-13-16-19-22-25-28-31-33-34-36-39-42-45-48-55-60-65-70-83(88)100-79(73-94-81(86)67-62-57-52-46-43-40-38-35-32-29-26-23-20-17-14-11-7-2)75-98-102(90,91)96-71-78(85)72-97-103(92,93)99-76-80(74-95-82(87)68-63-58-53-50-49-51-56-61-66-77(5)9-4)101-84(89)69-64-59-54-47-44-41-37-30-27-24-21-18-15-12-8-3/h24,27,30,37,77-80,85H,6-23,25-26,28-29,31-36,38-76H2,1-5H3,(H,90,91)(H,92,93)/b27-24-,37-30-/t77?,78-,79-,80-/m1/s1. The molecule has 0 aromatic carbocycles. The summed E-state index contributed by atoms with van der Waals surface area (Å²) in [5.74, 6) is -1.36. The lowest BCUT2D eigenvalue weighted by Gasteiger charge is -2.21. The highest BCUT2D eigenvalue weighted by Crippen LogP contribution is 2.45. The van der Waals surface area contributed by atoms with E-state index in [0.717, 1.165) is 109 Å². The number of carbonyl (C=O) groups excluding carboxylic acids is 4. The van der Waals surface area contributed by atoms with E-state index in [-0.39, 0.29) is 25.7 Å². The Morgan fingerprint density at radius 1 is 0.311 bits per heavy atom.